The van der Waals surface area contributed by atoms with Crippen molar-refractivity contribution in [3.8, 4) is 11.3 Å². The van der Waals surface area contributed by atoms with Crippen LogP contribution in [0, 0.1) is 0 Å². The number of aromatic nitrogens is 4. The number of carbonyl (C=O) groups is 2. The Kier molecular flexibility index (Phi) is 2.99. The summed E-state index contributed by atoms with van der Waals surface area (Å²) in [4.78, 5) is 23.1. The van der Waals surface area contributed by atoms with Gasteiger partial charge in [-0.15, -0.1) is 0 Å². The molecule has 9 nitrogen and oxygen atoms in total. The summed E-state index contributed by atoms with van der Waals surface area (Å²) in [6.07, 6.45) is 4.37. The molecule has 0 aliphatic carbocycles. The lowest BCUT2D eigenvalue weighted by Crippen LogP contribution is -2.12. The number of anilines is 1. The van der Waals surface area contributed by atoms with Gasteiger partial charge in [-0.25, -0.2) is 0 Å². The van der Waals surface area contributed by atoms with Crippen LogP contribution in [0.2, 0.25) is 0 Å². The molecule has 21 heavy (non-hydrogen) atoms. The number of hydrogen-bond donors (Lipinski definition) is 4. The number of H-pyrrole nitrogens is 2. The normalized spacial score (nSPS) is 10.5. The highest BCUT2D eigenvalue weighted by molar-refractivity contribution is 6.07. The third-order valence-corrected chi connectivity index (χ3v) is 2.78. The van der Waals surface area contributed by atoms with Gasteiger partial charge in [0, 0.05) is 11.6 Å². The summed E-state index contributed by atoms with van der Waals surface area (Å²) < 4.78 is 4.97. The lowest BCUT2D eigenvalue weighted by atomic mass is 10.1. The molecule has 0 aliphatic rings. The summed E-state index contributed by atoms with van der Waals surface area (Å²) in [6, 6.07) is 3.04. The Hall–Kier alpha value is -3.36. The number of nitrogens with one attached hydrogen (secondary N) is 3. The van der Waals surface area contributed by atoms with Crippen LogP contribution >= 0.6 is 0 Å². The van der Waals surface area contributed by atoms with Gasteiger partial charge in [-0.3, -0.25) is 19.8 Å². The van der Waals surface area contributed by atoms with E-state index in [0.29, 0.717) is 16.8 Å². The molecule has 9 heteroatoms. The molecule has 3 heterocycles. The highest BCUT2D eigenvalue weighted by atomic mass is 16.3. The average Bonchev–Trinajstić information content (AvgIpc) is 3.19. The first-order chi connectivity index (χ1) is 10.1. The fourth-order valence-corrected chi connectivity index (χ4v) is 1.78. The minimum atomic E-state index is -0.662. The molecule has 3 rings (SSSR count). The second kappa shape index (κ2) is 4.96. The Balaban J connectivity index is 1.83. The Morgan fingerprint density at radius 2 is 2.19 bits per heavy atom. The molecule has 0 fully saturated rings. The van der Waals surface area contributed by atoms with E-state index in [1.165, 1.54) is 24.8 Å². The van der Waals surface area contributed by atoms with Gasteiger partial charge in [0.2, 0.25) is 0 Å². The number of carbonyl (C=O) groups excluding carboxylic acids is 2. The van der Waals surface area contributed by atoms with Crippen molar-refractivity contribution >= 4 is 17.6 Å². The predicted octanol–water partition coefficient (Wildman–Crippen LogP) is 0.744. The summed E-state index contributed by atoms with van der Waals surface area (Å²) in [5.74, 6) is -0.902. The van der Waals surface area contributed by atoms with Gasteiger partial charge in [0.15, 0.2) is 5.82 Å². The van der Waals surface area contributed by atoms with Gasteiger partial charge in [-0.1, -0.05) is 0 Å². The number of nitrogens with two attached hydrogens (primary N) is 1. The monoisotopic (exact) mass is 286 g/mol. The Morgan fingerprint density at radius 3 is 2.86 bits per heavy atom. The standard InChI is InChI=1S/C12H10N6O3/c13-11(19)8-3-9(17-16-8)15-12(20)7-4-14-18-10(7)6-1-2-21-5-6/h1-5H,(H2,13,19)(H,14,18)(H2,15,16,17,20). The topological polar surface area (TPSA) is 143 Å². The van der Waals surface area contributed by atoms with Crippen LogP contribution in [0.1, 0.15) is 20.8 Å². The van der Waals surface area contributed by atoms with E-state index in [9.17, 15) is 9.59 Å². The number of furan rings is 1. The molecule has 0 atom stereocenters. The number of primary amides is 1. The summed E-state index contributed by atoms with van der Waals surface area (Å²) in [7, 11) is 0. The average molecular weight is 286 g/mol. The van der Waals surface area contributed by atoms with Crippen LogP contribution in [0.4, 0.5) is 5.82 Å². The molecule has 2 amide bonds. The Labute approximate surface area is 117 Å². The Bertz CT molecular complexity index is 786. The second-order valence-electron chi connectivity index (χ2n) is 4.16. The fourth-order valence-electron chi connectivity index (χ4n) is 1.78. The highest BCUT2D eigenvalue weighted by Gasteiger charge is 2.17. The van der Waals surface area contributed by atoms with Crippen molar-refractivity contribution in [3.05, 3.63) is 42.1 Å². The molecule has 0 aromatic carbocycles. The van der Waals surface area contributed by atoms with Gasteiger partial charge >= 0.3 is 0 Å². The summed E-state index contributed by atoms with van der Waals surface area (Å²) >= 11 is 0. The zero-order valence-electron chi connectivity index (χ0n) is 10.6. The molecular formula is C12H10N6O3. The molecule has 0 bridgehead atoms. The van der Waals surface area contributed by atoms with Crippen LogP contribution in [-0.2, 0) is 0 Å². The van der Waals surface area contributed by atoms with Crippen molar-refractivity contribution in [3.63, 3.8) is 0 Å². The zero-order valence-corrected chi connectivity index (χ0v) is 10.6. The first-order valence-corrected chi connectivity index (χ1v) is 5.87. The lowest BCUT2D eigenvalue weighted by Gasteiger charge is -2.01. The maximum absolute atomic E-state index is 12.2. The minimum absolute atomic E-state index is 0.104. The maximum Gasteiger partial charge on any atom is 0.266 e. The Morgan fingerprint density at radius 1 is 1.33 bits per heavy atom. The molecule has 3 aromatic rings. The summed E-state index contributed by atoms with van der Waals surface area (Å²) in [5, 5.41) is 15.3. The third kappa shape index (κ3) is 2.39. The first kappa shape index (κ1) is 12.7. The molecule has 0 aliphatic heterocycles. The van der Waals surface area contributed by atoms with Crippen molar-refractivity contribution in [1.82, 2.24) is 20.4 Å². The highest BCUT2D eigenvalue weighted by Crippen LogP contribution is 2.22. The number of rotatable bonds is 4. The van der Waals surface area contributed by atoms with E-state index in [1.807, 2.05) is 0 Å². The van der Waals surface area contributed by atoms with Gasteiger partial charge in [-0.2, -0.15) is 10.2 Å². The number of aromatic amines is 2. The molecular weight excluding hydrogens is 276 g/mol. The molecule has 106 valence electrons. The summed E-state index contributed by atoms with van der Waals surface area (Å²) in [6.45, 7) is 0. The number of hydrogen-bond acceptors (Lipinski definition) is 5. The molecule has 0 saturated heterocycles. The van der Waals surface area contributed by atoms with E-state index in [2.05, 4.69) is 25.7 Å². The van der Waals surface area contributed by atoms with Gasteiger partial charge in [0.1, 0.15) is 5.69 Å². The van der Waals surface area contributed by atoms with E-state index >= 15 is 0 Å². The van der Waals surface area contributed by atoms with Crippen molar-refractivity contribution < 1.29 is 14.0 Å². The number of nitrogens with zero attached hydrogens (tertiary/aromatic N) is 2. The van der Waals surface area contributed by atoms with Crippen molar-refractivity contribution in [2.24, 2.45) is 5.73 Å². The van der Waals surface area contributed by atoms with Gasteiger partial charge in [-0.05, 0) is 6.07 Å². The van der Waals surface area contributed by atoms with Crippen LogP contribution in [0.15, 0.2) is 35.3 Å². The van der Waals surface area contributed by atoms with Gasteiger partial charge < -0.3 is 15.5 Å². The van der Waals surface area contributed by atoms with E-state index < -0.39 is 11.8 Å². The molecule has 0 spiro atoms. The van der Waals surface area contributed by atoms with E-state index in [-0.39, 0.29) is 11.5 Å². The minimum Gasteiger partial charge on any atom is -0.472 e. The third-order valence-electron chi connectivity index (χ3n) is 2.78. The predicted molar refractivity (Wildman–Crippen MR) is 71.3 cm³/mol. The van der Waals surface area contributed by atoms with Gasteiger partial charge in [0.25, 0.3) is 11.8 Å². The number of amides is 2. The summed E-state index contributed by atoms with van der Waals surface area (Å²) in [5.41, 5.74) is 6.73. The zero-order chi connectivity index (χ0) is 14.8. The molecule has 5 N–H and O–H groups in total. The van der Waals surface area contributed by atoms with Crippen molar-refractivity contribution in [1.29, 1.82) is 0 Å². The fraction of sp³-hybridized carbons (Fsp3) is 0. The quantitative estimate of drug-likeness (QED) is 0.559. The van der Waals surface area contributed by atoms with Crippen molar-refractivity contribution in [2.75, 3.05) is 5.32 Å². The molecule has 0 unspecified atom stereocenters. The van der Waals surface area contributed by atoms with Crippen LogP contribution in [-0.4, -0.2) is 32.2 Å². The smallest absolute Gasteiger partial charge is 0.266 e. The van der Waals surface area contributed by atoms with Crippen LogP contribution in [0.25, 0.3) is 11.3 Å². The van der Waals surface area contributed by atoms with E-state index in [4.69, 9.17) is 10.2 Å². The van der Waals surface area contributed by atoms with E-state index in [0.717, 1.165) is 0 Å². The van der Waals surface area contributed by atoms with Crippen LogP contribution < -0.4 is 11.1 Å². The first-order valence-electron chi connectivity index (χ1n) is 5.87. The maximum atomic E-state index is 12.2. The molecule has 3 aromatic heterocycles. The van der Waals surface area contributed by atoms with E-state index in [1.54, 1.807) is 6.07 Å². The van der Waals surface area contributed by atoms with Crippen LogP contribution in [0.3, 0.4) is 0 Å². The van der Waals surface area contributed by atoms with Gasteiger partial charge in [0.05, 0.1) is 30.0 Å². The largest absolute Gasteiger partial charge is 0.472 e. The SMILES string of the molecule is NC(=O)c1cc(NC(=O)c2cn[nH]c2-c2ccoc2)n[nH]1. The van der Waals surface area contributed by atoms with Crippen LogP contribution in [0.5, 0.6) is 0 Å². The molecule has 0 saturated carbocycles. The lowest BCUT2D eigenvalue weighted by molar-refractivity contribution is 0.0993. The molecule has 0 radical (unpaired) electrons. The van der Waals surface area contributed by atoms with Crippen molar-refractivity contribution in [2.45, 2.75) is 0 Å². The second-order valence-corrected chi connectivity index (χ2v) is 4.16.